The van der Waals surface area contributed by atoms with Gasteiger partial charge in [-0.25, -0.2) is 4.98 Å². The average molecular weight is 371 g/mol. The molecule has 4 rings (SSSR count). The Kier molecular flexibility index (Phi) is 5.29. The van der Waals surface area contributed by atoms with E-state index in [1.807, 2.05) is 24.3 Å². The highest BCUT2D eigenvalue weighted by molar-refractivity contribution is 7.22. The highest BCUT2D eigenvalue weighted by atomic mass is 32.1. The summed E-state index contributed by atoms with van der Waals surface area (Å²) in [5, 5.41) is 0.717. The lowest BCUT2D eigenvalue weighted by Crippen LogP contribution is -2.39. The number of furan rings is 1. The second kappa shape index (κ2) is 7.99. The van der Waals surface area contributed by atoms with Gasteiger partial charge in [-0.1, -0.05) is 23.5 Å². The van der Waals surface area contributed by atoms with E-state index in [4.69, 9.17) is 9.15 Å². The van der Waals surface area contributed by atoms with Crippen molar-refractivity contribution in [2.75, 3.05) is 44.3 Å². The molecule has 0 saturated carbocycles. The molecule has 136 valence electrons. The molecular weight excluding hydrogens is 350 g/mol. The van der Waals surface area contributed by atoms with Crippen LogP contribution in [0.2, 0.25) is 0 Å². The maximum Gasteiger partial charge on any atom is 0.295 e. The zero-order valence-corrected chi connectivity index (χ0v) is 15.3. The van der Waals surface area contributed by atoms with Crippen LogP contribution in [-0.2, 0) is 4.74 Å². The molecule has 1 amide bonds. The van der Waals surface area contributed by atoms with Crippen LogP contribution in [0.5, 0.6) is 0 Å². The van der Waals surface area contributed by atoms with Crippen LogP contribution in [0.25, 0.3) is 10.2 Å². The first kappa shape index (κ1) is 17.2. The molecule has 6 nitrogen and oxygen atoms in total. The number of hydrogen-bond acceptors (Lipinski definition) is 6. The largest absolute Gasteiger partial charge is 0.459 e. The Morgan fingerprint density at radius 1 is 1.19 bits per heavy atom. The van der Waals surface area contributed by atoms with E-state index < -0.39 is 0 Å². The van der Waals surface area contributed by atoms with Gasteiger partial charge in [-0.3, -0.25) is 14.6 Å². The van der Waals surface area contributed by atoms with E-state index in [-0.39, 0.29) is 5.91 Å². The van der Waals surface area contributed by atoms with Gasteiger partial charge in [0.25, 0.3) is 5.91 Å². The Balaban J connectivity index is 1.51. The lowest BCUT2D eigenvalue weighted by Gasteiger charge is -2.27. The van der Waals surface area contributed by atoms with Crippen molar-refractivity contribution in [3.63, 3.8) is 0 Å². The van der Waals surface area contributed by atoms with Gasteiger partial charge in [0.05, 0.1) is 29.7 Å². The third-order valence-corrected chi connectivity index (χ3v) is 5.51. The van der Waals surface area contributed by atoms with Gasteiger partial charge in [0.15, 0.2) is 10.9 Å². The number of hydrogen-bond donors (Lipinski definition) is 0. The predicted octanol–water partition coefficient (Wildman–Crippen LogP) is 3.26. The Bertz CT molecular complexity index is 823. The van der Waals surface area contributed by atoms with Crippen molar-refractivity contribution < 1.29 is 13.9 Å². The quantitative estimate of drug-likeness (QED) is 0.666. The lowest BCUT2D eigenvalue weighted by atomic mass is 10.3. The fourth-order valence-electron chi connectivity index (χ4n) is 3.07. The number of carbonyl (C=O) groups excluding carboxylic acids is 1. The summed E-state index contributed by atoms with van der Waals surface area (Å²) in [5.74, 6) is 0.201. The molecule has 0 atom stereocenters. The number of amides is 1. The van der Waals surface area contributed by atoms with Crippen LogP contribution in [0.1, 0.15) is 17.0 Å². The molecule has 1 aromatic carbocycles. The first-order valence-corrected chi connectivity index (χ1v) is 9.64. The Labute approximate surface area is 156 Å². The predicted molar refractivity (Wildman–Crippen MR) is 102 cm³/mol. The molecule has 1 aliphatic rings. The molecule has 0 aliphatic carbocycles. The van der Waals surface area contributed by atoms with Gasteiger partial charge in [-0.2, -0.15) is 0 Å². The normalized spacial score (nSPS) is 15.4. The SMILES string of the molecule is O=C(c1ccco1)N(CCCN1CCOCC1)c1nc2ccccc2s1. The zero-order valence-electron chi connectivity index (χ0n) is 14.5. The van der Waals surface area contributed by atoms with E-state index in [0.29, 0.717) is 12.3 Å². The minimum Gasteiger partial charge on any atom is -0.459 e. The molecule has 0 spiro atoms. The number of aromatic nitrogens is 1. The summed E-state index contributed by atoms with van der Waals surface area (Å²) in [6, 6.07) is 11.4. The monoisotopic (exact) mass is 371 g/mol. The molecule has 0 unspecified atom stereocenters. The van der Waals surface area contributed by atoms with Crippen molar-refractivity contribution in [2.24, 2.45) is 0 Å². The maximum atomic E-state index is 12.9. The van der Waals surface area contributed by atoms with Crippen LogP contribution < -0.4 is 4.90 Å². The number of morpholine rings is 1. The van der Waals surface area contributed by atoms with Gasteiger partial charge >= 0.3 is 0 Å². The molecular formula is C19H21N3O3S. The number of thiazole rings is 1. The fraction of sp³-hybridized carbons (Fsp3) is 0.368. The topological polar surface area (TPSA) is 58.8 Å². The number of ether oxygens (including phenoxy) is 1. The molecule has 0 bridgehead atoms. The maximum absolute atomic E-state index is 12.9. The van der Waals surface area contributed by atoms with Crippen molar-refractivity contribution in [3.8, 4) is 0 Å². The van der Waals surface area contributed by atoms with E-state index >= 15 is 0 Å². The first-order valence-electron chi connectivity index (χ1n) is 8.82. The third-order valence-electron chi connectivity index (χ3n) is 4.45. The molecule has 3 heterocycles. The van der Waals surface area contributed by atoms with Crippen LogP contribution in [0.3, 0.4) is 0 Å². The molecule has 0 radical (unpaired) electrons. The molecule has 1 fully saturated rings. The van der Waals surface area contributed by atoms with Crippen LogP contribution >= 0.6 is 11.3 Å². The van der Waals surface area contributed by atoms with E-state index in [1.165, 1.54) is 17.6 Å². The van der Waals surface area contributed by atoms with Crippen LogP contribution in [0, 0.1) is 0 Å². The summed E-state index contributed by atoms with van der Waals surface area (Å²) in [7, 11) is 0. The van der Waals surface area contributed by atoms with Gasteiger partial charge in [-0.05, 0) is 30.7 Å². The van der Waals surface area contributed by atoms with Gasteiger partial charge in [0, 0.05) is 26.2 Å². The number of rotatable bonds is 6. The summed E-state index contributed by atoms with van der Waals surface area (Å²) in [4.78, 5) is 21.7. The molecule has 0 N–H and O–H groups in total. The number of anilines is 1. The van der Waals surface area contributed by atoms with E-state index in [1.54, 1.807) is 17.0 Å². The first-order chi connectivity index (χ1) is 12.8. The summed E-state index contributed by atoms with van der Waals surface area (Å²) < 4.78 is 11.8. The smallest absolute Gasteiger partial charge is 0.295 e. The number of nitrogens with zero attached hydrogens (tertiary/aromatic N) is 3. The summed E-state index contributed by atoms with van der Waals surface area (Å²) in [5.41, 5.74) is 0.915. The van der Waals surface area contributed by atoms with Crippen LogP contribution in [0.4, 0.5) is 5.13 Å². The number of para-hydroxylation sites is 1. The molecule has 3 aromatic rings. The minimum atomic E-state index is -0.143. The lowest BCUT2D eigenvalue weighted by molar-refractivity contribution is 0.0376. The van der Waals surface area contributed by atoms with Gasteiger partial charge in [0.2, 0.25) is 0 Å². The molecule has 2 aromatic heterocycles. The Morgan fingerprint density at radius 2 is 2.04 bits per heavy atom. The summed E-state index contributed by atoms with van der Waals surface area (Å²) in [6.07, 6.45) is 2.40. The Morgan fingerprint density at radius 3 is 2.81 bits per heavy atom. The second-order valence-electron chi connectivity index (χ2n) is 6.21. The van der Waals surface area contributed by atoms with E-state index in [2.05, 4.69) is 9.88 Å². The molecule has 7 heteroatoms. The third kappa shape index (κ3) is 3.80. The van der Waals surface area contributed by atoms with E-state index in [9.17, 15) is 4.79 Å². The average Bonchev–Trinajstić information content (AvgIpc) is 3.35. The second-order valence-corrected chi connectivity index (χ2v) is 7.21. The Hall–Kier alpha value is -2.22. The molecule has 1 saturated heterocycles. The number of fused-ring (bicyclic) bond motifs is 1. The molecule has 1 aliphatic heterocycles. The summed E-state index contributed by atoms with van der Waals surface area (Å²) >= 11 is 1.54. The summed E-state index contributed by atoms with van der Waals surface area (Å²) in [6.45, 7) is 5.02. The van der Waals surface area contributed by atoms with Gasteiger partial charge in [-0.15, -0.1) is 0 Å². The van der Waals surface area contributed by atoms with Crippen molar-refractivity contribution in [3.05, 3.63) is 48.4 Å². The number of carbonyl (C=O) groups is 1. The highest BCUT2D eigenvalue weighted by Gasteiger charge is 2.23. The number of benzene rings is 1. The van der Waals surface area contributed by atoms with Crippen molar-refractivity contribution in [2.45, 2.75) is 6.42 Å². The van der Waals surface area contributed by atoms with Gasteiger partial charge in [0.1, 0.15) is 0 Å². The van der Waals surface area contributed by atoms with Crippen molar-refractivity contribution in [1.82, 2.24) is 9.88 Å². The van der Waals surface area contributed by atoms with Gasteiger partial charge < -0.3 is 9.15 Å². The van der Waals surface area contributed by atoms with Crippen molar-refractivity contribution >= 4 is 32.6 Å². The standard InChI is InChI=1S/C19H21N3O3S/c23-18(16-6-3-12-25-16)22(9-4-8-21-10-13-24-14-11-21)19-20-15-5-1-2-7-17(15)26-19/h1-3,5-7,12H,4,8-11,13-14H2. The van der Waals surface area contributed by atoms with E-state index in [0.717, 1.165) is 54.6 Å². The van der Waals surface area contributed by atoms with Crippen LogP contribution in [0.15, 0.2) is 47.1 Å². The van der Waals surface area contributed by atoms with Crippen LogP contribution in [-0.4, -0.2) is 55.2 Å². The highest BCUT2D eigenvalue weighted by Crippen LogP contribution is 2.29. The zero-order chi connectivity index (χ0) is 17.8. The fourth-order valence-corrected chi connectivity index (χ4v) is 4.06. The van der Waals surface area contributed by atoms with Crippen molar-refractivity contribution in [1.29, 1.82) is 0 Å². The molecule has 26 heavy (non-hydrogen) atoms. The minimum absolute atomic E-state index is 0.143.